The van der Waals surface area contributed by atoms with Crippen molar-refractivity contribution in [3.8, 4) is 0 Å². The summed E-state index contributed by atoms with van der Waals surface area (Å²) in [6.07, 6.45) is 3.83. The number of carbonyl (C=O) groups excluding carboxylic acids is 1. The van der Waals surface area contributed by atoms with E-state index < -0.39 is 0 Å². The van der Waals surface area contributed by atoms with Gasteiger partial charge in [-0.2, -0.15) is 0 Å². The first-order valence-corrected chi connectivity index (χ1v) is 6.67. The maximum Gasteiger partial charge on any atom is 0.305 e. The van der Waals surface area contributed by atoms with Gasteiger partial charge < -0.3 is 15.0 Å². The Bertz CT molecular complexity index is 223. The lowest BCUT2D eigenvalue weighted by Gasteiger charge is -2.35. The van der Waals surface area contributed by atoms with E-state index in [0.29, 0.717) is 18.5 Å². The summed E-state index contributed by atoms with van der Waals surface area (Å²) in [6, 6.07) is 1.29. The highest BCUT2D eigenvalue weighted by atomic mass is 16.5. The first kappa shape index (κ1) is 14.5. The number of esters is 1. The van der Waals surface area contributed by atoms with Crippen LogP contribution in [-0.2, 0) is 9.53 Å². The molecule has 1 N–H and O–H groups in total. The lowest BCUT2D eigenvalue weighted by molar-refractivity contribution is -0.140. The molecule has 1 heterocycles. The minimum atomic E-state index is -0.110. The molecule has 0 aromatic rings. The van der Waals surface area contributed by atoms with Gasteiger partial charge in [0, 0.05) is 18.5 Å². The Morgan fingerprint density at radius 3 is 2.59 bits per heavy atom. The van der Waals surface area contributed by atoms with Crippen LogP contribution >= 0.6 is 0 Å². The quantitative estimate of drug-likeness (QED) is 0.565. The molecule has 0 amide bonds. The summed E-state index contributed by atoms with van der Waals surface area (Å²) >= 11 is 0. The number of hydrogen-bond donors (Lipinski definition) is 1. The maximum atomic E-state index is 10.9. The fourth-order valence-electron chi connectivity index (χ4n) is 2.26. The van der Waals surface area contributed by atoms with Crippen LogP contribution in [0.2, 0.25) is 0 Å². The highest BCUT2D eigenvalue weighted by molar-refractivity contribution is 5.69. The van der Waals surface area contributed by atoms with Gasteiger partial charge >= 0.3 is 5.97 Å². The fraction of sp³-hybridized carbons (Fsp3) is 0.923. The van der Waals surface area contributed by atoms with Crippen LogP contribution < -0.4 is 5.32 Å². The Balaban J connectivity index is 2.04. The van der Waals surface area contributed by atoms with E-state index in [1.165, 1.54) is 33.0 Å². The van der Waals surface area contributed by atoms with Crippen molar-refractivity contribution in [2.24, 2.45) is 0 Å². The summed E-state index contributed by atoms with van der Waals surface area (Å²) in [4.78, 5) is 13.4. The molecule has 0 aliphatic carbocycles. The van der Waals surface area contributed by atoms with Crippen molar-refractivity contribution in [3.63, 3.8) is 0 Å². The van der Waals surface area contributed by atoms with Gasteiger partial charge in [0.2, 0.25) is 0 Å². The first-order chi connectivity index (χ1) is 8.13. The highest BCUT2D eigenvalue weighted by Crippen LogP contribution is 2.12. The average Bonchev–Trinajstić information content (AvgIpc) is 2.34. The molecule has 4 nitrogen and oxygen atoms in total. The van der Waals surface area contributed by atoms with Crippen LogP contribution in [0.5, 0.6) is 0 Å². The van der Waals surface area contributed by atoms with Crippen molar-refractivity contribution in [1.29, 1.82) is 0 Å². The zero-order valence-electron chi connectivity index (χ0n) is 11.4. The minimum absolute atomic E-state index is 0.110. The van der Waals surface area contributed by atoms with Crippen molar-refractivity contribution < 1.29 is 9.53 Å². The van der Waals surface area contributed by atoms with Crippen LogP contribution in [0.3, 0.4) is 0 Å². The second-order valence-corrected chi connectivity index (χ2v) is 5.04. The van der Waals surface area contributed by atoms with Crippen LogP contribution in [0.15, 0.2) is 0 Å². The fourth-order valence-corrected chi connectivity index (χ4v) is 2.26. The van der Waals surface area contributed by atoms with Gasteiger partial charge in [-0.15, -0.1) is 0 Å². The van der Waals surface area contributed by atoms with Crippen molar-refractivity contribution in [1.82, 2.24) is 10.2 Å². The Labute approximate surface area is 105 Å². The predicted octanol–water partition coefficient (Wildman–Crippen LogP) is 1.40. The molecule has 17 heavy (non-hydrogen) atoms. The third kappa shape index (κ3) is 5.50. The molecular formula is C13H26N2O2. The average molecular weight is 242 g/mol. The largest absolute Gasteiger partial charge is 0.469 e. The lowest BCUT2D eigenvalue weighted by atomic mass is 10.0. The molecule has 0 aromatic carbocycles. The van der Waals surface area contributed by atoms with Crippen molar-refractivity contribution in [3.05, 3.63) is 0 Å². The molecule has 1 fully saturated rings. The number of hydrogen-bond acceptors (Lipinski definition) is 4. The number of piperidine rings is 1. The van der Waals surface area contributed by atoms with E-state index in [0.717, 1.165) is 13.0 Å². The molecule has 1 saturated heterocycles. The third-order valence-corrected chi connectivity index (χ3v) is 3.48. The number of ether oxygens (including phenoxy) is 1. The number of nitrogens with zero attached hydrogens (tertiary/aromatic N) is 1. The number of carbonyl (C=O) groups is 1. The number of methoxy groups -OCH3 is 1. The van der Waals surface area contributed by atoms with E-state index >= 15 is 0 Å². The van der Waals surface area contributed by atoms with E-state index in [4.69, 9.17) is 0 Å². The summed E-state index contributed by atoms with van der Waals surface area (Å²) in [5, 5.41) is 3.53. The van der Waals surface area contributed by atoms with Gasteiger partial charge in [-0.1, -0.05) is 0 Å². The van der Waals surface area contributed by atoms with E-state index in [1.54, 1.807) is 0 Å². The van der Waals surface area contributed by atoms with Gasteiger partial charge in [-0.05, 0) is 52.7 Å². The minimum Gasteiger partial charge on any atom is -0.469 e. The van der Waals surface area contributed by atoms with Crippen molar-refractivity contribution >= 4 is 5.97 Å². The molecule has 1 rings (SSSR count). The molecule has 0 aromatic heterocycles. The van der Waals surface area contributed by atoms with E-state index in [1.807, 2.05) is 0 Å². The van der Waals surface area contributed by atoms with Crippen LogP contribution in [0.25, 0.3) is 0 Å². The number of likely N-dealkylation sites (tertiary alicyclic amines) is 1. The van der Waals surface area contributed by atoms with Crippen LogP contribution in [0, 0.1) is 0 Å². The molecule has 1 aliphatic rings. The number of rotatable bonds is 6. The summed E-state index contributed by atoms with van der Waals surface area (Å²) < 4.78 is 4.61. The van der Waals surface area contributed by atoms with Gasteiger partial charge in [0.05, 0.1) is 7.11 Å². The topological polar surface area (TPSA) is 41.6 Å². The molecular weight excluding hydrogens is 216 g/mol. The first-order valence-electron chi connectivity index (χ1n) is 6.67. The lowest BCUT2D eigenvalue weighted by Crippen LogP contribution is -2.45. The molecule has 100 valence electrons. The summed E-state index contributed by atoms with van der Waals surface area (Å²) in [7, 11) is 1.44. The predicted molar refractivity (Wildman–Crippen MR) is 69.0 cm³/mol. The summed E-state index contributed by atoms with van der Waals surface area (Å²) in [6.45, 7) is 7.80. The van der Waals surface area contributed by atoms with Crippen LogP contribution in [0.4, 0.5) is 0 Å². The molecule has 4 heteroatoms. The Kier molecular flexibility index (Phi) is 6.52. The smallest absolute Gasteiger partial charge is 0.305 e. The standard InChI is InChI=1S/C13H26N2O2/c1-11(2)15-9-6-12(7-10-15)14-8-4-5-13(16)17-3/h11-12,14H,4-10H2,1-3H3. The maximum absolute atomic E-state index is 10.9. The van der Waals surface area contributed by atoms with Gasteiger partial charge in [0.25, 0.3) is 0 Å². The SMILES string of the molecule is COC(=O)CCCNC1CCN(C(C)C)CC1. The van der Waals surface area contributed by atoms with E-state index in [2.05, 4.69) is 28.8 Å². The van der Waals surface area contributed by atoms with Crippen LogP contribution in [-0.4, -0.2) is 49.7 Å². The van der Waals surface area contributed by atoms with E-state index in [9.17, 15) is 4.79 Å². The molecule has 0 spiro atoms. The number of nitrogens with one attached hydrogen (secondary N) is 1. The Morgan fingerprint density at radius 1 is 1.41 bits per heavy atom. The second kappa shape index (κ2) is 7.67. The summed E-state index contributed by atoms with van der Waals surface area (Å²) in [5.74, 6) is -0.110. The normalized spacial score (nSPS) is 18.6. The van der Waals surface area contributed by atoms with Gasteiger partial charge in [0.1, 0.15) is 0 Å². The second-order valence-electron chi connectivity index (χ2n) is 5.04. The molecule has 0 radical (unpaired) electrons. The van der Waals surface area contributed by atoms with E-state index in [-0.39, 0.29) is 5.97 Å². The molecule has 0 saturated carbocycles. The summed E-state index contributed by atoms with van der Waals surface area (Å²) in [5.41, 5.74) is 0. The van der Waals surface area contributed by atoms with Gasteiger partial charge in [-0.3, -0.25) is 4.79 Å². The van der Waals surface area contributed by atoms with Gasteiger partial charge in [-0.25, -0.2) is 0 Å². The van der Waals surface area contributed by atoms with Gasteiger partial charge in [0.15, 0.2) is 0 Å². The Morgan fingerprint density at radius 2 is 2.06 bits per heavy atom. The molecule has 0 atom stereocenters. The van der Waals surface area contributed by atoms with Crippen LogP contribution in [0.1, 0.15) is 39.5 Å². The zero-order chi connectivity index (χ0) is 12.7. The zero-order valence-corrected chi connectivity index (χ0v) is 11.4. The molecule has 0 unspecified atom stereocenters. The van der Waals surface area contributed by atoms with Crippen molar-refractivity contribution in [2.75, 3.05) is 26.7 Å². The monoisotopic (exact) mass is 242 g/mol. The molecule has 0 bridgehead atoms. The highest BCUT2D eigenvalue weighted by Gasteiger charge is 2.19. The molecule has 1 aliphatic heterocycles. The van der Waals surface area contributed by atoms with Crippen molar-refractivity contribution in [2.45, 2.75) is 51.6 Å². The Hall–Kier alpha value is -0.610. The third-order valence-electron chi connectivity index (χ3n) is 3.48.